The van der Waals surface area contributed by atoms with E-state index in [2.05, 4.69) is 10.3 Å². The molecule has 0 unspecified atom stereocenters. The standard InChI is InChI=1S/C33H29N3O4/c34-32(37)29(36-33(38)27-17-18-35-28-14-8-7-13-26(27)28)19-25-15-16-30(39-21-23-9-3-1-4-10-23)31(20-25)40-22-24-11-5-2-6-12-24/h1-18,20,29H,19,21-22H2,(H2,34,37)(H,36,38)/t29-/m1/s1. The number of pyridine rings is 1. The number of carbonyl (C=O) groups is 2. The van der Waals surface area contributed by atoms with Gasteiger partial charge in [0.25, 0.3) is 5.91 Å². The largest absolute Gasteiger partial charge is 0.485 e. The summed E-state index contributed by atoms with van der Waals surface area (Å²) in [7, 11) is 0. The number of nitrogens with one attached hydrogen (secondary N) is 1. The predicted molar refractivity (Wildman–Crippen MR) is 154 cm³/mol. The van der Waals surface area contributed by atoms with E-state index in [1.54, 1.807) is 12.3 Å². The van der Waals surface area contributed by atoms with Crippen molar-refractivity contribution in [3.05, 3.63) is 138 Å². The van der Waals surface area contributed by atoms with E-state index in [9.17, 15) is 9.59 Å². The zero-order valence-electron chi connectivity index (χ0n) is 21.8. The molecule has 5 rings (SSSR count). The summed E-state index contributed by atoms with van der Waals surface area (Å²) in [5.74, 6) is 0.0760. The van der Waals surface area contributed by atoms with Crippen molar-refractivity contribution in [3.8, 4) is 11.5 Å². The molecule has 0 saturated carbocycles. The molecule has 3 N–H and O–H groups in total. The number of benzene rings is 4. The van der Waals surface area contributed by atoms with Crippen molar-refractivity contribution in [3.63, 3.8) is 0 Å². The van der Waals surface area contributed by atoms with Crippen molar-refractivity contribution < 1.29 is 19.1 Å². The zero-order valence-corrected chi connectivity index (χ0v) is 21.8. The first-order chi connectivity index (χ1) is 19.6. The number of aromatic nitrogens is 1. The van der Waals surface area contributed by atoms with Crippen LogP contribution in [0.5, 0.6) is 11.5 Å². The van der Waals surface area contributed by atoms with Gasteiger partial charge in [0.15, 0.2) is 11.5 Å². The SMILES string of the molecule is NC(=O)[C@@H](Cc1ccc(OCc2ccccc2)c(OCc2ccccc2)c1)NC(=O)c1ccnc2ccccc12. The normalized spacial score (nSPS) is 11.5. The number of hydrogen-bond donors (Lipinski definition) is 2. The van der Waals surface area contributed by atoms with Gasteiger partial charge in [-0.1, -0.05) is 84.9 Å². The Bertz CT molecular complexity index is 1600. The van der Waals surface area contributed by atoms with Gasteiger partial charge in [-0.2, -0.15) is 0 Å². The van der Waals surface area contributed by atoms with Crippen molar-refractivity contribution >= 4 is 22.7 Å². The number of primary amides is 1. The summed E-state index contributed by atoms with van der Waals surface area (Å²) >= 11 is 0. The Morgan fingerprint density at radius 3 is 2.02 bits per heavy atom. The first-order valence-electron chi connectivity index (χ1n) is 13.0. The lowest BCUT2D eigenvalue weighted by molar-refractivity contribution is -0.119. The number of fused-ring (bicyclic) bond motifs is 1. The topological polar surface area (TPSA) is 104 Å². The lowest BCUT2D eigenvalue weighted by Crippen LogP contribution is -2.45. The average Bonchev–Trinajstić information content (AvgIpc) is 2.99. The van der Waals surface area contributed by atoms with Crippen molar-refractivity contribution in [1.29, 1.82) is 0 Å². The Morgan fingerprint density at radius 1 is 0.725 bits per heavy atom. The molecule has 40 heavy (non-hydrogen) atoms. The number of ether oxygens (including phenoxy) is 2. The summed E-state index contributed by atoms with van der Waals surface area (Å²) in [6, 6.07) is 33.2. The molecule has 1 aromatic heterocycles. The van der Waals surface area contributed by atoms with Gasteiger partial charge in [0, 0.05) is 18.0 Å². The van der Waals surface area contributed by atoms with E-state index in [1.165, 1.54) is 0 Å². The van der Waals surface area contributed by atoms with E-state index in [-0.39, 0.29) is 6.42 Å². The van der Waals surface area contributed by atoms with Crippen molar-refractivity contribution in [1.82, 2.24) is 10.3 Å². The minimum Gasteiger partial charge on any atom is -0.485 e. The number of rotatable bonds is 11. The smallest absolute Gasteiger partial charge is 0.252 e. The van der Waals surface area contributed by atoms with E-state index < -0.39 is 17.9 Å². The van der Waals surface area contributed by atoms with Gasteiger partial charge in [0.2, 0.25) is 5.91 Å². The first kappa shape index (κ1) is 26.4. The monoisotopic (exact) mass is 531 g/mol. The van der Waals surface area contributed by atoms with E-state index >= 15 is 0 Å². The van der Waals surface area contributed by atoms with Crippen LogP contribution >= 0.6 is 0 Å². The van der Waals surface area contributed by atoms with Gasteiger partial charge in [-0.05, 0) is 41.0 Å². The molecule has 0 aliphatic carbocycles. The second kappa shape index (κ2) is 12.6. The molecule has 200 valence electrons. The molecular weight excluding hydrogens is 502 g/mol. The lowest BCUT2D eigenvalue weighted by Gasteiger charge is -2.18. The van der Waals surface area contributed by atoms with Gasteiger partial charge in [-0.15, -0.1) is 0 Å². The van der Waals surface area contributed by atoms with Gasteiger partial charge in [0.05, 0.1) is 11.1 Å². The predicted octanol–water partition coefficient (Wildman–Crippen LogP) is 5.22. The molecule has 4 aromatic carbocycles. The van der Waals surface area contributed by atoms with Crippen molar-refractivity contribution in [2.75, 3.05) is 0 Å². The van der Waals surface area contributed by atoms with Gasteiger partial charge in [-0.25, -0.2) is 0 Å². The quantitative estimate of drug-likeness (QED) is 0.243. The molecular formula is C33H29N3O4. The summed E-state index contributed by atoms with van der Waals surface area (Å²) in [6.45, 7) is 0.721. The Labute approximate surface area is 232 Å². The van der Waals surface area contributed by atoms with Crippen molar-refractivity contribution in [2.45, 2.75) is 25.7 Å². The third kappa shape index (κ3) is 6.63. The molecule has 5 aromatic rings. The number of nitrogens with zero attached hydrogens (tertiary/aromatic N) is 1. The number of para-hydroxylation sites is 1. The second-order valence-electron chi connectivity index (χ2n) is 9.34. The third-order valence-electron chi connectivity index (χ3n) is 6.46. The molecule has 0 saturated heterocycles. The van der Waals surface area contributed by atoms with Crippen LogP contribution in [0.4, 0.5) is 0 Å². The molecule has 7 nitrogen and oxygen atoms in total. The van der Waals surface area contributed by atoms with Crippen LogP contribution in [0.25, 0.3) is 10.9 Å². The molecule has 0 spiro atoms. The molecule has 0 fully saturated rings. The third-order valence-corrected chi connectivity index (χ3v) is 6.46. The van der Waals surface area contributed by atoms with Gasteiger partial charge >= 0.3 is 0 Å². The van der Waals surface area contributed by atoms with Crippen molar-refractivity contribution in [2.24, 2.45) is 5.73 Å². The fourth-order valence-electron chi connectivity index (χ4n) is 4.37. The van der Waals surface area contributed by atoms with E-state index in [1.807, 2.05) is 103 Å². The van der Waals surface area contributed by atoms with Crippen LogP contribution in [0.2, 0.25) is 0 Å². The summed E-state index contributed by atoms with van der Waals surface area (Å²) in [6.07, 6.45) is 1.76. The Balaban J connectivity index is 1.35. The summed E-state index contributed by atoms with van der Waals surface area (Å²) in [5.41, 5.74) is 9.63. The second-order valence-corrected chi connectivity index (χ2v) is 9.34. The van der Waals surface area contributed by atoms with Crippen LogP contribution in [0.1, 0.15) is 27.0 Å². The van der Waals surface area contributed by atoms with Gasteiger partial charge < -0.3 is 20.5 Å². The van der Waals surface area contributed by atoms with Crippen LogP contribution in [-0.2, 0) is 24.4 Å². The summed E-state index contributed by atoms with van der Waals surface area (Å²) in [4.78, 5) is 29.9. The maximum absolute atomic E-state index is 13.2. The maximum atomic E-state index is 13.2. The molecule has 2 amide bonds. The molecule has 0 aliphatic heterocycles. The molecule has 0 radical (unpaired) electrons. The van der Waals surface area contributed by atoms with Crippen LogP contribution in [0.3, 0.4) is 0 Å². The minimum absolute atomic E-state index is 0.185. The highest BCUT2D eigenvalue weighted by Gasteiger charge is 2.22. The van der Waals surface area contributed by atoms with Crippen LogP contribution < -0.4 is 20.5 Å². The highest BCUT2D eigenvalue weighted by Crippen LogP contribution is 2.31. The summed E-state index contributed by atoms with van der Waals surface area (Å²) in [5, 5.41) is 3.50. The minimum atomic E-state index is -0.933. The van der Waals surface area contributed by atoms with Crippen LogP contribution in [0, 0.1) is 0 Å². The van der Waals surface area contributed by atoms with E-state index in [0.717, 1.165) is 16.7 Å². The fourth-order valence-corrected chi connectivity index (χ4v) is 4.37. The lowest BCUT2D eigenvalue weighted by atomic mass is 10.0. The molecule has 0 bridgehead atoms. The van der Waals surface area contributed by atoms with Crippen LogP contribution in [-0.4, -0.2) is 22.8 Å². The summed E-state index contributed by atoms with van der Waals surface area (Å²) < 4.78 is 12.2. The van der Waals surface area contributed by atoms with Crippen LogP contribution in [0.15, 0.2) is 115 Å². The molecule has 0 aliphatic rings. The highest BCUT2D eigenvalue weighted by molar-refractivity contribution is 6.07. The fraction of sp³-hybridized carbons (Fsp3) is 0.121. The molecule has 1 heterocycles. The average molecular weight is 532 g/mol. The number of hydrogen-bond acceptors (Lipinski definition) is 5. The molecule has 7 heteroatoms. The Hall–Kier alpha value is -5.17. The highest BCUT2D eigenvalue weighted by atomic mass is 16.5. The number of carbonyl (C=O) groups excluding carboxylic acids is 2. The van der Waals surface area contributed by atoms with E-state index in [4.69, 9.17) is 15.2 Å². The van der Waals surface area contributed by atoms with E-state index in [0.29, 0.717) is 41.2 Å². The Kier molecular flexibility index (Phi) is 8.32. The molecule has 1 atom stereocenters. The number of nitrogens with two attached hydrogens (primary N) is 1. The van der Waals surface area contributed by atoms with Gasteiger partial charge in [-0.3, -0.25) is 14.6 Å². The first-order valence-corrected chi connectivity index (χ1v) is 13.0. The zero-order chi connectivity index (χ0) is 27.7. The number of amides is 2. The maximum Gasteiger partial charge on any atom is 0.252 e. The van der Waals surface area contributed by atoms with Gasteiger partial charge in [0.1, 0.15) is 19.3 Å². The Morgan fingerprint density at radius 2 is 1.35 bits per heavy atom.